The standard InChI is InChI=1S/C39H76O5/c1-4-7-10-11-12-13-14-16-25-34-43-38(41)32-23-18-21-30-37(40)31-22-19-24-33-39(42)44-35-26-17-15-20-29-36(27-8-5-2)28-9-6-3/h36-37,40H,4-35H2,1-3H3. The first-order chi connectivity index (χ1) is 21.5. The molecule has 0 aliphatic carbocycles. The molecule has 0 fully saturated rings. The highest BCUT2D eigenvalue weighted by Gasteiger charge is 2.09. The van der Waals surface area contributed by atoms with Gasteiger partial charge in [-0.1, -0.05) is 162 Å². The van der Waals surface area contributed by atoms with Crippen LogP contribution < -0.4 is 0 Å². The Morgan fingerprint density at radius 2 is 0.773 bits per heavy atom. The minimum Gasteiger partial charge on any atom is -0.466 e. The van der Waals surface area contributed by atoms with E-state index in [1.165, 1.54) is 103 Å². The summed E-state index contributed by atoms with van der Waals surface area (Å²) in [5.41, 5.74) is 0. The van der Waals surface area contributed by atoms with Crippen LogP contribution in [0.2, 0.25) is 0 Å². The summed E-state index contributed by atoms with van der Waals surface area (Å²) in [7, 11) is 0. The maximum atomic E-state index is 12.0. The van der Waals surface area contributed by atoms with Crippen LogP contribution in [0.25, 0.3) is 0 Å². The minimum absolute atomic E-state index is 0.0727. The van der Waals surface area contributed by atoms with Crippen LogP contribution >= 0.6 is 0 Å². The number of hydrogen-bond acceptors (Lipinski definition) is 5. The number of esters is 2. The summed E-state index contributed by atoms with van der Waals surface area (Å²) in [5, 5.41) is 10.3. The molecular formula is C39H76O5. The number of ether oxygens (including phenoxy) is 2. The number of aliphatic hydroxyl groups excluding tert-OH is 1. The molecule has 0 rings (SSSR count). The normalized spacial score (nSPS) is 12.1. The van der Waals surface area contributed by atoms with Gasteiger partial charge in [-0.05, 0) is 44.4 Å². The minimum atomic E-state index is -0.283. The molecule has 44 heavy (non-hydrogen) atoms. The van der Waals surface area contributed by atoms with Crippen molar-refractivity contribution in [3.8, 4) is 0 Å². The first-order valence-corrected chi connectivity index (χ1v) is 19.5. The van der Waals surface area contributed by atoms with E-state index in [1.807, 2.05) is 0 Å². The third-order valence-electron chi connectivity index (χ3n) is 9.05. The summed E-state index contributed by atoms with van der Waals surface area (Å²) in [6, 6.07) is 0. The van der Waals surface area contributed by atoms with E-state index in [1.54, 1.807) is 0 Å². The average Bonchev–Trinajstić information content (AvgIpc) is 3.02. The molecule has 0 amide bonds. The molecule has 0 heterocycles. The van der Waals surface area contributed by atoms with E-state index in [0.29, 0.717) is 26.1 Å². The van der Waals surface area contributed by atoms with Gasteiger partial charge in [0.2, 0.25) is 0 Å². The van der Waals surface area contributed by atoms with Gasteiger partial charge in [0.15, 0.2) is 0 Å². The molecule has 0 bridgehead atoms. The number of carbonyl (C=O) groups excluding carboxylic acids is 2. The molecular weight excluding hydrogens is 548 g/mol. The zero-order valence-corrected chi connectivity index (χ0v) is 29.9. The molecule has 0 radical (unpaired) electrons. The summed E-state index contributed by atoms with van der Waals surface area (Å²) in [5.74, 6) is 0.763. The SMILES string of the molecule is CCCCCCCCCCCOC(=O)CCCCCC(O)CCCCCC(=O)OCCCCCCC(CCCC)CCCC. The maximum absolute atomic E-state index is 12.0. The van der Waals surface area contributed by atoms with Crippen molar-refractivity contribution in [2.75, 3.05) is 13.2 Å². The van der Waals surface area contributed by atoms with Crippen LogP contribution in [0.1, 0.15) is 213 Å². The number of unbranched alkanes of at least 4 members (excludes halogenated alkanes) is 17. The number of carbonyl (C=O) groups is 2. The van der Waals surface area contributed by atoms with E-state index in [-0.39, 0.29) is 18.0 Å². The summed E-state index contributed by atoms with van der Waals surface area (Å²) >= 11 is 0. The van der Waals surface area contributed by atoms with Crippen LogP contribution in [0.15, 0.2) is 0 Å². The first kappa shape index (κ1) is 42.9. The van der Waals surface area contributed by atoms with E-state index in [0.717, 1.165) is 83.0 Å². The van der Waals surface area contributed by atoms with Crippen molar-refractivity contribution in [1.82, 2.24) is 0 Å². The van der Waals surface area contributed by atoms with Gasteiger partial charge >= 0.3 is 11.9 Å². The second-order valence-electron chi connectivity index (χ2n) is 13.5. The summed E-state index contributed by atoms with van der Waals surface area (Å²) < 4.78 is 10.8. The molecule has 1 N–H and O–H groups in total. The van der Waals surface area contributed by atoms with Gasteiger partial charge in [-0.3, -0.25) is 9.59 Å². The Kier molecular flexibility index (Phi) is 33.9. The van der Waals surface area contributed by atoms with Crippen LogP contribution in [0.3, 0.4) is 0 Å². The van der Waals surface area contributed by atoms with Crippen LogP contribution in [0.5, 0.6) is 0 Å². The summed E-state index contributed by atoms with van der Waals surface area (Å²) in [6.45, 7) is 7.94. The highest BCUT2D eigenvalue weighted by molar-refractivity contribution is 5.69. The van der Waals surface area contributed by atoms with Crippen LogP contribution in [0.4, 0.5) is 0 Å². The first-order valence-electron chi connectivity index (χ1n) is 19.5. The predicted octanol–water partition coefficient (Wildman–Crippen LogP) is 11.8. The van der Waals surface area contributed by atoms with Gasteiger partial charge in [0.25, 0.3) is 0 Å². The molecule has 0 aliphatic rings. The number of hydrogen-bond donors (Lipinski definition) is 1. The monoisotopic (exact) mass is 625 g/mol. The van der Waals surface area contributed by atoms with Crippen molar-refractivity contribution in [1.29, 1.82) is 0 Å². The van der Waals surface area contributed by atoms with E-state index in [9.17, 15) is 14.7 Å². The molecule has 1 unspecified atom stereocenters. The fourth-order valence-corrected chi connectivity index (χ4v) is 6.03. The van der Waals surface area contributed by atoms with Crippen LogP contribution in [0, 0.1) is 5.92 Å². The van der Waals surface area contributed by atoms with Gasteiger partial charge in [-0.15, -0.1) is 0 Å². The highest BCUT2D eigenvalue weighted by atomic mass is 16.5. The lowest BCUT2D eigenvalue weighted by molar-refractivity contribution is -0.144. The van der Waals surface area contributed by atoms with Gasteiger partial charge in [0, 0.05) is 12.8 Å². The molecule has 5 heteroatoms. The number of rotatable bonds is 35. The molecule has 0 spiro atoms. The van der Waals surface area contributed by atoms with E-state index < -0.39 is 0 Å². The van der Waals surface area contributed by atoms with Crippen molar-refractivity contribution >= 4 is 11.9 Å². The molecule has 0 aromatic rings. The zero-order valence-electron chi connectivity index (χ0n) is 29.9. The Morgan fingerprint density at radius 3 is 1.23 bits per heavy atom. The van der Waals surface area contributed by atoms with Crippen LogP contribution in [-0.2, 0) is 19.1 Å². The Hall–Kier alpha value is -1.10. The van der Waals surface area contributed by atoms with Crippen molar-refractivity contribution in [2.24, 2.45) is 5.92 Å². The third-order valence-corrected chi connectivity index (χ3v) is 9.05. The second kappa shape index (κ2) is 34.8. The predicted molar refractivity (Wildman–Crippen MR) is 187 cm³/mol. The fourth-order valence-electron chi connectivity index (χ4n) is 6.03. The fraction of sp³-hybridized carbons (Fsp3) is 0.949. The van der Waals surface area contributed by atoms with Gasteiger partial charge in [0.05, 0.1) is 19.3 Å². The average molecular weight is 625 g/mol. The molecule has 0 saturated heterocycles. The Labute approximate surface area is 274 Å². The Morgan fingerprint density at radius 1 is 0.432 bits per heavy atom. The molecule has 0 saturated carbocycles. The van der Waals surface area contributed by atoms with Crippen molar-refractivity contribution in [3.05, 3.63) is 0 Å². The van der Waals surface area contributed by atoms with Gasteiger partial charge in [-0.2, -0.15) is 0 Å². The lowest BCUT2D eigenvalue weighted by Gasteiger charge is -2.16. The topological polar surface area (TPSA) is 72.8 Å². The Bertz CT molecular complexity index is 599. The van der Waals surface area contributed by atoms with Gasteiger partial charge < -0.3 is 14.6 Å². The van der Waals surface area contributed by atoms with E-state index in [4.69, 9.17) is 9.47 Å². The molecule has 262 valence electrons. The molecule has 5 nitrogen and oxygen atoms in total. The van der Waals surface area contributed by atoms with Crippen LogP contribution in [-0.4, -0.2) is 36.4 Å². The smallest absolute Gasteiger partial charge is 0.305 e. The third kappa shape index (κ3) is 32.3. The lowest BCUT2D eigenvalue weighted by Crippen LogP contribution is -2.08. The number of aliphatic hydroxyl groups is 1. The quantitative estimate of drug-likeness (QED) is 0.0561. The van der Waals surface area contributed by atoms with Gasteiger partial charge in [-0.25, -0.2) is 0 Å². The highest BCUT2D eigenvalue weighted by Crippen LogP contribution is 2.23. The van der Waals surface area contributed by atoms with E-state index in [2.05, 4.69) is 20.8 Å². The Balaban J connectivity index is 3.48. The molecule has 0 aliphatic heterocycles. The second-order valence-corrected chi connectivity index (χ2v) is 13.5. The molecule has 0 aromatic carbocycles. The van der Waals surface area contributed by atoms with E-state index >= 15 is 0 Å². The van der Waals surface area contributed by atoms with Crippen molar-refractivity contribution in [2.45, 2.75) is 219 Å². The largest absolute Gasteiger partial charge is 0.466 e. The van der Waals surface area contributed by atoms with Crippen molar-refractivity contribution < 1.29 is 24.2 Å². The van der Waals surface area contributed by atoms with Gasteiger partial charge in [0.1, 0.15) is 0 Å². The lowest BCUT2D eigenvalue weighted by atomic mass is 9.91. The summed E-state index contributed by atoms with van der Waals surface area (Å²) in [4.78, 5) is 23.9. The van der Waals surface area contributed by atoms with Crippen molar-refractivity contribution in [3.63, 3.8) is 0 Å². The molecule has 1 atom stereocenters. The molecule has 0 aromatic heterocycles. The zero-order chi connectivity index (χ0) is 32.4. The maximum Gasteiger partial charge on any atom is 0.305 e. The summed E-state index contributed by atoms with van der Waals surface area (Å²) in [6.07, 6.45) is 33.3.